The number of anilines is 1. The van der Waals surface area contributed by atoms with Gasteiger partial charge in [0, 0.05) is 25.3 Å². The van der Waals surface area contributed by atoms with Crippen LogP contribution in [0, 0.1) is 11.6 Å². The van der Waals surface area contributed by atoms with Crippen molar-refractivity contribution in [3.63, 3.8) is 0 Å². The van der Waals surface area contributed by atoms with Gasteiger partial charge < -0.3 is 15.5 Å². The van der Waals surface area contributed by atoms with E-state index in [1.54, 1.807) is 29.2 Å². The smallest absolute Gasteiger partial charge is 0.317 e. The standard InChI is InChI=1S/C17H15F2N3O2/c18-13-6-3-5-12(15(13)19)16(23)21-14-7-2-1-4-11(14)10-22-9-8-20-17(22)24/h1-7H,8-10H2,(H,20,24)(H,21,23). The molecule has 1 aliphatic rings. The van der Waals surface area contributed by atoms with Crippen LogP contribution in [0.4, 0.5) is 19.3 Å². The first kappa shape index (κ1) is 15.9. The monoisotopic (exact) mass is 331 g/mol. The van der Waals surface area contributed by atoms with E-state index in [0.29, 0.717) is 30.9 Å². The zero-order valence-corrected chi connectivity index (χ0v) is 12.7. The zero-order valence-electron chi connectivity index (χ0n) is 12.7. The number of benzene rings is 2. The molecule has 0 bridgehead atoms. The van der Waals surface area contributed by atoms with E-state index in [-0.39, 0.29) is 11.6 Å². The Bertz CT molecular complexity index is 795. The summed E-state index contributed by atoms with van der Waals surface area (Å²) in [6.45, 7) is 1.45. The minimum absolute atomic E-state index is 0.174. The second-order valence-electron chi connectivity index (χ2n) is 5.37. The normalized spacial score (nSPS) is 13.8. The van der Waals surface area contributed by atoms with Crippen LogP contribution in [0.25, 0.3) is 0 Å². The van der Waals surface area contributed by atoms with Crippen LogP contribution < -0.4 is 10.6 Å². The fourth-order valence-electron chi connectivity index (χ4n) is 2.52. The molecule has 2 aromatic rings. The molecule has 1 fully saturated rings. The second-order valence-corrected chi connectivity index (χ2v) is 5.37. The number of nitrogens with one attached hydrogen (secondary N) is 2. The summed E-state index contributed by atoms with van der Waals surface area (Å²) in [5.74, 6) is -3.01. The lowest BCUT2D eigenvalue weighted by Gasteiger charge is -2.17. The number of rotatable bonds is 4. The SMILES string of the molecule is O=C(Nc1ccccc1CN1CCNC1=O)c1cccc(F)c1F. The Balaban J connectivity index is 1.81. The number of nitrogens with zero attached hydrogens (tertiary/aromatic N) is 1. The number of para-hydroxylation sites is 1. The van der Waals surface area contributed by atoms with Crippen LogP contribution in [0.15, 0.2) is 42.5 Å². The van der Waals surface area contributed by atoms with E-state index in [2.05, 4.69) is 10.6 Å². The topological polar surface area (TPSA) is 61.4 Å². The number of urea groups is 1. The predicted octanol–water partition coefficient (Wildman–Crippen LogP) is 2.74. The van der Waals surface area contributed by atoms with Crippen molar-refractivity contribution in [1.82, 2.24) is 10.2 Å². The van der Waals surface area contributed by atoms with Gasteiger partial charge in [-0.3, -0.25) is 4.79 Å². The van der Waals surface area contributed by atoms with E-state index in [4.69, 9.17) is 0 Å². The van der Waals surface area contributed by atoms with Gasteiger partial charge in [0.1, 0.15) is 0 Å². The van der Waals surface area contributed by atoms with Crippen molar-refractivity contribution in [3.8, 4) is 0 Å². The summed E-state index contributed by atoms with van der Waals surface area (Å²) in [6, 6.07) is 10.2. The van der Waals surface area contributed by atoms with Crippen LogP contribution >= 0.6 is 0 Å². The van der Waals surface area contributed by atoms with Crippen molar-refractivity contribution in [1.29, 1.82) is 0 Å². The molecule has 7 heteroatoms. The molecule has 1 aliphatic heterocycles. The third-order valence-electron chi connectivity index (χ3n) is 3.77. The molecule has 5 nitrogen and oxygen atoms in total. The first-order chi connectivity index (χ1) is 11.6. The van der Waals surface area contributed by atoms with Crippen molar-refractivity contribution in [2.24, 2.45) is 0 Å². The quantitative estimate of drug-likeness (QED) is 0.905. The van der Waals surface area contributed by atoms with Crippen molar-refractivity contribution in [3.05, 3.63) is 65.2 Å². The fourth-order valence-corrected chi connectivity index (χ4v) is 2.52. The van der Waals surface area contributed by atoms with Gasteiger partial charge in [0.15, 0.2) is 11.6 Å². The largest absolute Gasteiger partial charge is 0.336 e. The van der Waals surface area contributed by atoms with Gasteiger partial charge in [-0.2, -0.15) is 0 Å². The molecular weight excluding hydrogens is 316 g/mol. The van der Waals surface area contributed by atoms with E-state index in [0.717, 1.165) is 6.07 Å². The second kappa shape index (κ2) is 6.66. The summed E-state index contributed by atoms with van der Waals surface area (Å²) in [5, 5.41) is 5.28. The molecule has 2 aromatic carbocycles. The Morgan fingerprint density at radius 1 is 1.17 bits per heavy atom. The highest BCUT2D eigenvalue weighted by Gasteiger charge is 2.21. The number of hydrogen-bond acceptors (Lipinski definition) is 2. The number of amides is 3. The molecule has 0 aliphatic carbocycles. The predicted molar refractivity (Wildman–Crippen MR) is 84.6 cm³/mol. The van der Waals surface area contributed by atoms with Gasteiger partial charge in [-0.25, -0.2) is 13.6 Å². The van der Waals surface area contributed by atoms with E-state index >= 15 is 0 Å². The van der Waals surface area contributed by atoms with Gasteiger partial charge in [-0.1, -0.05) is 24.3 Å². The molecule has 24 heavy (non-hydrogen) atoms. The number of hydrogen-bond donors (Lipinski definition) is 2. The van der Waals surface area contributed by atoms with E-state index < -0.39 is 17.5 Å². The van der Waals surface area contributed by atoms with Gasteiger partial charge in [0.2, 0.25) is 0 Å². The Labute approximate surface area is 137 Å². The molecule has 0 saturated carbocycles. The van der Waals surface area contributed by atoms with Crippen molar-refractivity contribution in [2.45, 2.75) is 6.54 Å². The molecule has 0 radical (unpaired) electrons. The maximum atomic E-state index is 13.7. The van der Waals surface area contributed by atoms with Crippen LogP contribution in [0.2, 0.25) is 0 Å². The fraction of sp³-hybridized carbons (Fsp3) is 0.176. The van der Waals surface area contributed by atoms with Crippen LogP contribution in [0.3, 0.4) is 0 Å². The molecule has 0 spiro atoms. The lowest BCUT2D eigenvalue weighted by atomic mass is 10.1. The van der Waals surface area contributed by atoms with Gasteiger partial charge in [-0.05, 0) is 23.8 Å². The third kappa shape index (κ3) is 3.19. The average molecular weight is 331 g/mol. The maximum Gasteiger partial charge on any atom is 0.317 e. The van der Waals surface area contributed by atoms with Gasteiger partial charge in [-0.15, -0.1) is 0 Å². The molecule has 3 rings (SSSR count). The van der Waals surface area contributed by atoms with Gasteiger partial charge in [0.05, 0.1) is 5.56 Å². The Kier molecular flexibility index (Phi) is 4.41. The first-order valence-electron chi connectivity index (χ1n) is 7.42. The molecule has 0 atom stereocenters. The summed E-state index contributed by atoms with van der Waals surface area (Å²) in [7, 11) is 0. The lowest BCUT2D eigenvalue weighted by Crippen LogP contribution is -2.28. The van der Waals surface area contributed by atoms with Crippen molar-refractivity contribution >= 4 is 17.6 Å². The van der Waals surface area contributed by atoms with E-state index in [1.807, 2.05) is 0 Å². The molecule has 0 aromatic heterocycles. The van der Waals surface area contributed by atoms with E-state index in [1.165, 1.54) is 12.1 Å². The molecule has 2 N–H and O–H groups in total. The van der Waals surface area contributed by atoms with Crippen LogP contribution in [0.5, 0.6) is 0 Å². The van der Waals surface area contributed by atoms with Gasteiger partial charge >= 0.3 is 6.03 Å². The number of carbonyl (C=O) groups excluding carboxylic acids is 2. The molecule has 1 saturated heterocycles. The van der Waals surface area contributed by atoms with Crippen LogP contribution in [-0.2, 0) is 6.54 Å². The first-order valence-corrected chi connectivity index (χ1v) is 7.42. The van der Waals surface area contributed by atoms with Gasteiger partial charge in [0.25, 0.3) is 5.91 Å². The molecule has 1 heterocycles. The number of halogens is 2. The molecule has 3 amide bonds. The lowest BCUT2D eigenvalue weighted by molar-refractivity contribution is 0.102. The third-order valence-corrected chi connectivity index (χ3v) is 3.77. The summed E-state index contributed by atoms with van der Waals surface area (Å²) in [5.41, 5.74) is 0.786. The summed E-state index contributed by atoms with van der Waals surface area (Å²) in [4.78, 5) is 25.5. The van der Waals surface area contributed by atoms with E-state index in [9.17, 15) is 18.4 Å². The summed E-state index contributed by atoms with van der Waals surface area (Å²) < 4.78 is 27.0. The molecular formula is C17H15F2N3O2. The van der Waals surface area contributed by atoms with Crippen molar-refractivity contribution < 1.29 is 18.4 Å². The zero-order chi connectivity index (χ0) is 17.1. The van der Waals surface area contributed by atoms with Crippen LogP contribution in [0.1, 0.15) is 15.9 Å². The highest BCUT2D eigenvalue weighted by atomic mass is 19.2. The van der Waals surface area contributed by atoms with Crippen LogP contribution in [-0.4, -0.2) is 29.9 Å². The Morgan fingerprint density at radius 3 is 2.71 bits per heavy atom. The number of carbonyl (C=O) groups is 2. The average Bonchev–Trinajstić information content (AvgIpc) is 2.97. The Morgan fingerprint density at radius 2 is 1.96 bits per heavy atom. The highest BCUT2D eigenvalue weighted by molar-refractivity contribution is 6.04. The summed E-state index contributed by atoms with van der Waals surface area (Å²) >= 11 is 0. The van der Waals surface area contributed by atoms with Crippen molar-refractivity contribution in [2.75, 3.05) is 18.4 Å². The molecule has 124 valence electrons. The Hall–Kier alpha value is -2.96. The summed E-state index contributed by atoms with van der Waals surface area (Å²) in [6.07, 6.45) is 0. The minimum atomic E-state index is -1.19. The maximum absolute atomic E-state index is 13.7. The molecule has 0 unspecified atom stereocenters. The minimum Gasteiger partial charge on any atom is -0.336 e. The highest BCUT2D eigenvalue weighted by Crippen LogP contribution is 2.20.